The normalized spacial score (nSPS) is 4.00. The van der Waals surface area contributed by atoms with Crippen LogP contribution in [0.25, 0.3) is 0 Å². The third kappa shape index (κ3) is 13.1. The van der Waals surface area contributed by atoms with Crippen LogP contribution in [0, 0.1) is 0 Å². The van der Waals surface area contributed by atoms with Gasteiger partial charge in [0.15, 0.2) is 0 Å². The van der Waals surface area contributed by atoms with E-state index in [4.69, 9.17) is 0 Å². The molecule has 0 unspecified atom stereocenters. The van der Waals surface area contributed by atoms with Crippen molar-refractivity contribution >= 4 is 29.8 Å². The number of rotatable bonds is 0. The van der Waals surface area contributed by atoms with Crippen molar-refractivity contribution in [3.63, 3.8) is 0 Å². The summed E-state index contributed by atoms with van der Waals surface area (Å²) < 4.78 is 0. The Kier molecular flexibility index (Phi) is 20.2. The SMILES string of the molecule is C[CH2][AlH+].[SH-]. The van der Waals surface area contributed by atoms with E-state index < -0.39 is 0 Å². The van der Waals surface area contributed by atoms with Gasteiger partial charge < -0.3 is 13.5 Å². The zero-order chi connectivity index (χ0) is 2.71. The zero-order valence-electron chi connectivity index (χ0n) is 2.86. The average Bonchev–Trinajstić information content (AvgIpc) is 0.918. The molecule has 0 aliphatic rings. The first-order valence-corrected chi connectivity index (χ1v) is 2.21. The van der Waals surface area contributed by atoms with Gasteiger partial charge in [0.2, 0.25) is 0 Å². The molecule has 2 heteroatoms. The molecule has 0 aromatic carbocycles. The van der Waals surface area contributed by atoms with E-state index in [9.17, 15) is 0 Å². The monoisotopic (exact) mass is 90.0 g/mol. The van der Waals surface area contributed by atoms with Gasteiger partial charge in [-0.2, -0.15) is 0 Å². The van der Waals surface area contributed by atoms with Crippen molar-refractivity contribution in [1.29, 1.82) is 0 Å². The number of hydrogen-bond donors (Lipinski definition) is 0. The summed E-state index contributed by atoms with van der Waals surface area (Å²) in [5, 5.41) is 1.28. The molecule has 0 bridgehead atoms. The maximum absolute atomic E-state index is 2.14. The topological polar surface area (TPSA) is 0 Å². The molecule has 0 saturated carbocycles. The minimum absolute atomic E-state index is 0. The third-order valence-corrected chi connectivity index (χ3v) is 0. The van der Waals surface area contributed by atoms with Crippen molar-refractivity contribution in [1.82, 2.24) is 0 Å². The van der Waals surface area contributed by atoms with Crippen LogP contribution < -0.4 is 0 Å². The Labute approximate surface area is 42.5 Å². The molecule has 24 valence electrons. The van der Waals surface area contributed by atoms with Gasteiger partial charge >= 0.3 is 28.5 Å². The molecule has 0 aromatic rings. The standard InChI is InChI=1S/C2H5.Al.H2S.H/c1-2;;;/h1H2,2H3;;1H2;/q;+1;;/p-1. The largest absolute Gasteiger partial charge is 0.813 e. The molecule has 0 saturated heterocycles. The minimum atomic E-state index is 0. The van der Waals surface area contributed by atoms with Gasteiger partial charge in [-0.25, -0.2) is 0 Å². The molecular formula is C2H7AlS. The molecule has 4 heavy (non-hydrogen) atoms. The Hall–Kier alpha value is 0.882. The van der Waals surface area contributed by atoms with Crippen LogP contribution in [-0.4, -0.2) is 16.3 Å². The third-order valence-electron chi connectivity index (χ3n) is 0. The van der Waals surface area contributed by atoms with Crippen LogP contribution in [0.1, 0.15) is 6.92 Å². The molecule has 0 rings (SSSR count). The van der Waals surface area contributed by atoms with Gasteiger partial charge in [-0.15, -0.1) is 0 Å². The van der Waals surface area contributed by atoms with Gasteiger partial charge in [-0.3, -0.25) is 0 Å². The summed E-state index contributed by atoms with van der Waals surface area (Å²) in [4.78, 5) is 0. The van der Waals surface area contributed by atoms with E-state index in [1.807, 2.05) is 16.3 Å². The van der Waals surface area contributed by atoms with E-state index >= 15 is 0 Å². The van der Waals surface area contributed by atoms with Crippen molar-refractivity contribution in [2.45, 2.75) is 12.2 Å². The van der Waals surface area contributed by atoms with Crippen LogP contribution in [0.15, 0.2) is 0 Å². The van der Waals surface area contributed by atoms with E-state index in [-0.39, 0.29) is 13.5 Å². The van der Waals surface area contributed by atoms with E-state index in [0.717, 1.165) is 0 Å². The number of thiol groups is 1. The van der Waals surface area contributed by atoms with Gasteiger partial charge in [-0.1, -0.05) is 0 Å². The van der Waals surface area contributed by atoms with Gasteiger partial charge in [0, 0.05) is 0 Å². The fourth-order valence-corrected chi connectivity index (χ4v) is 0. The van der Waals surface area contributed by atoms with Crippen LogP contribution >= 0.6 is 0 Å². The fourth-order valence-electron chi connectivity index (χ4n) is 0. The summed E-state index contributed by atoms with van der Waals surface area (Å²) in [6.45, 7) is 2.14. The second kappa shape index (κ2) is 9.10. The number of hydrogen-bond acceptors (Lipinski definition) is 1. The van der Waals surface area contributed by atoms with Crippen molar-refractivity contribution in [2.75, 3.05) is 0 Å². The van der Waals surface area contributed by atoms with Crippen LogP contribution in [0.2, 0.25) is 5.28 Å². The molecule has 0 amide bonds. The Morgan fingerprint density at radius 1 is 1.75 bits per heavy atom. The summed E-state index contributed by atoms with van der Waals surface area (Å²) in [5.74, 6) is 0. The first kappa shape index (κ1) is 8.86. The first-order chi connectivity index (χ1) is 1.41. The van der Waals surface area contributed by atoms with E-state index in [2.05, 4.69) is 6.92 Å². The molecule has 0 spiro atoms. The van der Waals surface area contributed by atoms with Crippen LogP contribution in [-0.2, 0) is 13.5 Å². The van der Waals surface area contributed by atoms with Gasteiger partial charge in [0.1, 0.15) is 0 Å². The Balaban J connectivity index is 0. The van der Waals surface area contributed by atoms with Crippen LogP contribution in [0.5, 0.6) is 0 Å². The molecule has 0 fully saturated rings. The Bertz CT molecular complexity index is 6.00. The quantitative estimate of drug-likeness (QED) is 0.230. The second-order valence-electron chi connectivity index (χ2n) is 0.500. The minimum Gasteiger partial charge on any atom is -0.813 e. The molecule has 0 nitrogen and oxygen atoms in total. The van der Waals surface area contributed by atoms with Crippen molar-refractivity contribution in [3.8, 4) is 0 Å². The first-order valence-electron chi connectivity index (χ1n) is 1.21. The van der Waals surface area contributed by atoms with E-state index in [1.165, 1.54) is 5.28 Å². The van der Waals surface area contributed by atoms with E-state index in [0.29, 0.717) is 0 Å². The molecule has 0 atom stereocenters. The van der Waals surface area contributed by atoms with Crippen molar-refractivity contribution in [3.05, 3.63) is 0 Å². The Morgan fingerprint density at radius 3 is 1.75 bits per heavy atom. The van der Waals surface area contributed by atoms with E-state index in [1.54, 1.807) is 0 Å². The molecular weight excluding hydrogens is 83.1 g/mol. The van der Waals surface area contributed by atoms with Crippen LogP contribution in [0.4, 0.5) is 0 Å². The summed E-state index contributed by atoms with van der Waals surface area (Å²) in [6, 6.07) is 0. The predicted octanol–water partition coefficient (Wildman–Crippen LogP) is 0.0553. The van der Waals surface area contributed by atoms with Crippen molar-refractivity contribution < 1.29 is 0 Å². The molecule has 0 radical (unpaired) electrons. The zero-order valence-corrected chi connectivity index (χ0v) is 5.17. The van der Waals surface area contributed by atoms with Crippen molar-refractivity contribution in [2.24, 2.45) is 0 Å². The van der Waals surface area contributed by atoms with Gasteiger partial charge in [0.25, 0.3) is 0 Å². The predicted molar refractivity (Wildman–Crippen MR) is 26.4 cm³/mol. The summed E-state index contributed by atoms with van der Waals surface area (Å²) in [5.41, 5.74) is 0. The molecule has 0 heterocycles. The average molecular weight is 90.1 g/mol. The summed E-state index contributed by atoms with van der Waals surface area (Å²) in [7, 11) is 0. The van der Waals surface area contributed by atoms with Gasteiger partial charge in [-0.05, 0) is 0 Å². The Morgan fingerprint density at radius 2 is 1.75 bits per heavy atom. The maximum Gasteiger partial charge on any atom is -0.813 e. The molecule has 0 aromatic heterocycles. The molecule has 0 aliphatic heterocycles. The maximum atomic E-state index is 2.14. The molecule has 0 N–H and O–H groups in total. The molecule has 0 aliphatic carbocycles. The van der Waals surface area contributed by atoms with Crippen LogP contribution in [0.3, 0.4) is 0 Å². The smallest absolute Gasteiger partial charge is 0.813 e. The summed E-state index contributed by atoms with van der Waals surface area (Å²) in [6.07, 6.45) is 0. The summed E-state index contributed by atoms with van der Waals surface area (Å²) >= 11 is 1.97. The fraction of sp³-hybridized carbons (Fsp3) is 1.00. The second-order valence-corrected chi connectivity index (χ2v) is 1.50. The van der Waals surface area contributed by atoms with Gasteiger partial charge in [0.05, 0.1) is 0 Å².